The highest BCUT2D eigenvalue weighted by Crippen LogP contribution is 2.68. The number of benzene rings is 2. The van der Waals surface area contributed by atoms with Crippen LogP contribution in [-0.2, 0) is 55.9 Å². The Morgan fingerprint density at radius 3 is 2.38 bits per heavy atom. The van der Waals surface area contributed by atoms with Crippen LogP contribution in [-0.4, -0.2) is 155 Å². The van der Waals surface area contributed by atoms with E-state index >= 15 is 13.6 Å². The molecule has 3 fully saturated rings. The van der Waals surface area contributed by atoms with E-state index in [0.717, 1.165) is 16.8 Å². The number of H-pyrrole nitrogens is 1. The molecule has 10 atom stereocenters. The molecule has 6 aliphatic rings. The number of aliphatic hydroxyl groups is 1. The van der Waals surface area contributed by atoms with E-state index in [1.54, 1.807) is 19.2 Å². The number of piperidine rings is 1. The maximum absolute atomic E-state index is 15.5. The summed E-state index contributed by atoms with van der Waals surface area (Å²) in [6.45, 7) is 6.19. The first-order valence-corrected chi connectivity index (χ1v) is 24.2. The van der Waals surface area contributed by atoms with Crippen molar-refractivity contribution in [3.05, 3.63) is 64.9 Å². The predicted octanol–water partition coefficient (Wildman–Crippen LogP) is 4.37. The monoisotopic (exact) mass is 937 g/mol. The van der Waals surface area contributed by atoms with Gasteiger partial charge in [-0.1, -0.05) is 19.1 Å². The fourth-order valence-corrected chi connectivity index (χ4v) is 14.8. The van der Waals surface area contributed by atoms with Crippen molar-refractivity contribution in [1.29, 1.82) is 0 Å². The number of aromatic nitrogens is 1. The van der Waals surface area contributed by atoms with Gasteiger partial charge in [-0.05, 0) is 86.9 Å². The molecule has 9 rings (SSSR count). The number of hydrogen-bond acceptors (Lipinski definition) is 13. The van der Waals surface area contributed by atoms with Gasteiger partial charge in [-0.2, -0.15) is 0 Å². The highest BCUT2D eigenvalue weighted by Gasteiger charge is 2.80. The number of rotatable bonds is 9. The maximum atomic E-state index is 15.5. The number of nitrogens with one attached hydrogen (secondary N) is 1. The fraction of sp³-hybridized carbons (Fsp3) is 0.604. The van der Waals surface area contributed by atoms with E-state index in [-0.39, 0.29) is 36.5 Å². The van der Waals surface area contributed by atoms with Crippen molar-refractivity contribution >= 4 is 44.5 Å². The minimum atomic E-state index is -3.90. The van der Waals surface area contributed by atoms with E-state index in [1.165, 1.54) is 48.4 Å². The lowest BCUT2D eigenvalue weighted by atomic mass is 9.47. The van der Waals surface area contributed by atoms with Gasteiger partial charge in [-0.3, -0.25) is 14.5 Å². The van der Waals surface area contributed by atoms with Gasteiger partial charge in [-0.15, -0.1) is 0 Å². The number of methoxy groups -OCH3 is 3. The first-order chi connectivity index (χ1) is 31.1. The fourth-order valence-electron chi connectivity index (χ4n) is 13.8. The van der Waals surface area contributed by atoms with E-state index in [1.807, 2.05) is 41.0 Å². The molecule has 2 N–H and O–H groups in total. The summed E-state index contributed by atoms with van der Waals surface area (Å²) in [6.07, 6.45) is 3.85. The molecule has 358 valence electrons. The number of halogens is 2. The zero-order chi connectivity index (χ0) is 47.7. The van der Waals surface area contributed by atoms with E-state index in [0.29, 0.717) is 72.4 Å². The molecular formula is C48H61F2N5O10S. The number of ether oxygens (including phenoxy) is 4. The highest BCUT2D eigenvalue weighted by atomic mass is 32.2. The number of hydrogen-bond donors (Lipinski definition) is 2. The first kappa shape index (κ1) is 46.5. The zero-order valence-corrected chi connectivity index (χ0v) is 39.9. The van der Waals surface area contributed by atoms with Crippen LogP contribution >= 0.6 is 0 Å². The van der Waals surface area contributed by atoms with Gasteiger partial charge in [0.25, 0.3) is 0 Å². The molecule has 66 heavy (non-hydrogen) atoms. The standard InChI is InChI=1S/C48H61F2N5O10S/c1-10-45-15-11-17-55-19-16-46(39(45)55)33-22-34(37(62-7)23-36(33)53(6)40(46)48(59,43(58)64-9)41(45)65-27(2)56)47(42(57)63-8)24-28-20-29(44(3,49)50)26-54(25-28)18-14-31-32-21-30(66(60,61)52(4)5)12-13-35(32)51-38(31)47/h11-13,15,21-23,28-29,39-41,51,59H,10,14,16-20,24-26H2,1-9H3/t28-,29?,39+,40-,41-,45-,46-,47+,48+/m1/s1. The van der Waals surface area contributed by atoms with Crippen molar-refractivity contribution in [3.8, 4) is 5.75 Å². The third kappa shape index (κ3) is 6.22. The maximum Gasteiger partial charge on any atom is 0.344 e. The Labute approximate surface area is 384 Å². The number of fused-ring (bicyclic) bond motifs is 6. The van der Waals surface area contributed by atoms with Crippen LogP contribution in [0.15, 0.2) is 47.4 Å². The molecule has 2 bridgehead atoms. The predicted molar refractivity (Wildman–Crippen MR) is 240 cm³/mol. The number of esters is 3. The summed E-state index contributed by atoms with van der Waals surface area (Å²) in [6, 6.07) is 7.07. The second-order valence-corrected chi connectivity index (χ2v) is 21.9. The van der Waals surface area contributed by atoms with Gasteiger partial charge < -0.3 is 38.8 Å². The van der Waals surface area contributed by atoms with Gasteiger partial charge in [0.05, 0.1) is 32.3 Å². The molecule has 0 radical (unpaired) electrons. The number of likely N-dealkylation sites (N-methyl/N-ethyl adjacent to an activating group) is 1. The van der Waals surface area contributed by atoms with Crippen LogP contribution < -0.4 is 9.64 Å². The van der Waals surface area contributed by atoms with Crippen molar-refractivity contribution in [2.24, 2.45) is 17.3 Å². The topological polar surface area (TPSA) is 171 Å². The molecule has 1 aliphatic carbocycles. The number of sulfonamides is 1. The van der Waals surface area contributed by atoms with Crippen LogP contribution in [0.3, 0.4) is 0 Å². The Balaban J connectivity index is 1.37. The molecule has 1 aromatic heterocycles. The van der Waals surface area contributed by atoms with E-state index in [9.17, 15) is 23.1 Å². The van der Waals surface area contributed by atoms with Gasteiger partial charge >= 0.3 is 17.9 Å². The van der Waals surface area contributed by atoms with Crippen LogP contribution in [0.1, 0.15) is 68.8 Å². The molecule has 2 unspecified atom stereocenters. The van der Waals surface area contributed by atoms with Crippen LogP contribution in [0.2, 0.25) is 0 Å². The highest BCUT2D eigenvalue weighted by molar-refractivity contribution is 7.89. The average Bonchev–Trinajstić information content (AvgIpc) is 3.94. The lowest BCUT2D eigenvalue weighted by Crippen LogP contribution is -2.81. The molecule has 6 heterocycles. The van der Waals surface area contributed by atoms with Crippen molar-refractivity contribution in [2.45, 2.75) is 98.3 Å². The average molecular weight is 938 g/mol. The molecule has 2 saturated heterocycles. The van der Waals surface area contributed by atoms with Gasteiger partial charge in [0.1, 0.15) is 11.2 Å². The van der Waals surface area contributed by atoms with Crippen molar-refractivity contribution < 1.29 is 55.6 Å². The first-order valence-electron chi connectivity index (χ1n) is 22.7. The Kier molecular flexibility index (Phi) is 11.1. The number of aromatic amines is 1. The SMILES string of the molecule is CC[C@]12C=CCN3CC[C@@]4(c5cc([C@@]6(C(=O)OC)C[C@H]7CC(C(C)(F)F)CN(CCc8c6[nH]c6ccc(S(=O)(=O)N(C)C)cc86)C7)c(OC)cc5N(C)[C@H]4[C@@](O)(C(=O)OC)[C@@H]1OC(C)=O)[C@@H]32. The second-order valence-electron chi connectivity index (χ2n) is 19.8. The quantitative estimate of drug-likeness (QED) is 0.176. The van der Waals surface area contributed by atoms with Crippen LogP contribution in [0.25, 0.3) is 10.9 Å². The Hall–Kier alpha value is -4.62. The Morgan fingerprint density at radius 2 is 1.74 bits per heavy atom. The van der Waals surface area contributed by atoms with E-state index in [4.69, 9.17) is 18.9 Å². The lowest BCUT2D eigenvalue weighted by molar-refractivity contribution is -0.228. The van der Waals surface area contributed by atoms with Crippen molar-refractivity contribution in [1.82, 2.24) is 19.1 Å². The number of nitrogens with zero attached hydrogens (tertiary/aromatic N) is 4. The number of carbonyl (C=O) groups excluding carboxylic acids is 3. The van der Waals surface area contributed by atoms with Gasteiger partial charge in [0.2, 0.25) is 21.5 Å². The zero-order valence-electron chi connectivity index (χ0n) is 39.1. The lowest BCUT2D eigenvalue weighted by Gasteiger charge is -2.63. The molecule has 5 aliphatic heterocycles. The smallest absolute Gasteiger partial charge is 0.344 e. The summed E-state index contributed by atoms with van der Waals surface area (Å²) < 4.78 is 83.1. The van der Waals surface area contributed by atoms with Gasteiger partial charge in [0, 0.05) is 111 Å². The molecule has 18 heteroatoms. The van der Waals surface area contributed by atoms with Crippen molar-refractivity contribution in [2.75, 3.05) is 80.1 Å². The largest absolute Gasteiger partial charge is 0.496 e. The summed E-state index contributed by atoms with van der Waals surface area (Å²) >= 11 is 0. The summed E-state index contributed by atoms with van der Waals surface area (Å²) in [7, 11) is 4.77. The molecule has 0 amide bonds. The number of carbonyl (C=O) groups is 3. The molecule has 3 aromatic rings. The Morgan fingerprint density at radius 1 is 1.02 bits per heavy atom. The third-order valence-corrected chi connectivity index (χ3v) is 18.2. The summed E-state index contributed by atoms with van der Waals surface area (Å²) in [4.78, 5) is 52.8. The third-order valence-electron chi connectivity index (χ3n) is 16.4. The van der Waals surface area contributed by atoms with E-state index in [2.05, 4.69) is 9.88 Å². The number of anilines is 1. The van der Waals surface area contributed by atoms with E-state index < -0.39 is 85.7 Å². The van der Waals surface area contributed by atoms with Crippen LogP contribution in [0.4, 0.5) is 14.5 Å². The number of alkyl halides is 2. The van der Waals surface area contributed by atoms with Crippen LogP contribution in [0.5, 0.6) is 5.75 Å². The minimum absolute atomic E-state index is 0.0185. The summed E-state index contributed by atoms with van der Waals surface area (Å²) in [5.41, 5.74) is -2.94. The molecule has 15 nitrogen and oxygen atoms in total. The van der Waals surface area contributed by atoms with Gasteiger partial charge in [-0.25, -0.2) is 26.3 Å². The second kappa shape index (κ2) is 15.7. The summed E-state index contributed by atoms with van der Waals surface area (Å²) in [5.74, 6) is -6.52. The molecule has 2 aromatic carbocycles. The minimum Gasteiger partial charge on any atom is -0.496 e. The van der Waals surface area contributed by atoms with Crippen LogP contribution in [0, 0.1) is 17.3 Å². The Bertz CT molecular complexity index is 2650. The summed E-state index contributed by atoms with van der Waals surface area (Å²) in [5, 5.41) is 13.9. The molecule has 1 spiro atoms. The van der Waals surface area contributed by atoms with Crippen molar-refractivity contribution in [3.63, 3.8) is 0 Å². The normalized spacial score (nSPS) is 33.8. The van der Waals surface area contributed by atoms with Gasteiger partial charge in [0.15, 0.2) is 6.10 Å². The molecule has 1 saturated carbocycles. The molecular weight excluding hydrogens is 877 g/mol.